The highest BCUT2D eigenvalue weighted by Gasteiger charge is 2.28. The number of nitrogens with two attached hydrogens (primary N) is 1. The molecule has 3 rings (SSSR count). The maximum atomic E-state index is 12.3. The first-order valence-corrected chi connectivity index (χ1v) is 8.50. The number of carbonyl (C=O) groups excluding carboxylic acids is 1. The Kier molecular flexibility index (Phi) is 4.54. The molecule has 2 atom stereocenters. The molecule has 118 valence electrons. The zero-order chi connectivity index (χ0) is 15.5. The second-order valence-corrected chi connectivity index (χ2v) is 6.65. The summed E-state index contributed by atoms with van der Waals surface area (Å²) in [5.41, 5.74) is 6.22. The highest BCUT2D eigenvalue weighted by Crippen LogP contribution is 2.24. The number of fused-ring (bicyclic) bond motifs is 1. The van der Waals surface area contributed by atoms with E-state index >= 15 is 0 Å². The zero-order valence-corrected chi connectivity index (χ0v) is 13.1. The first-order chi connectivity index (χ1) is 10.7. The minimum atomic E-state index is -0.226. The van der Waals surface area contributed by atoms with Crippen LogP contribution in [-0.4, -0.2) is 28.0 Å². The molecule has 0 aliphatic heterocycles. The van der Waals surface area contributed by atoms with Crippen molar-refractivity contribution >= 4 is 27.5 Å². The number of amides is 1. The molecule has 2 heterocycles. The fraction of sp³-hybridized carbons (Fsp3) is 0.533. The Morgan fingerprint density at radius 2 is 2.27 bits per heavy atom. The lowest BCUT2D eigenvalue weighted by atomic mass is 9.84. The van der Waals surface area contributed by atoms with E-state index < -0.39 is 0 Å². The summed E-state index contributed by atoms with van der Waals surface area (Å²) >= 11 is 1.42. The molecule has 0 radical (unpaired) electrons. The largest absolute Gasteiger partial charge is 0.369 e. The molecule has 0 unspecified atom stereocenters. The third-order valence-electron chi connectivity index (χ3n) is 4.33. The molecule has 2 aromatic rings. The third kappa shape index (κ3) is 3.05. The molecule has 2 aromatic heterocycles. The summed E-state index contributed by atoms with van der Waals surface area (Å²) in [6.07, 6.45) is 5.58. The molecule has 6 nitrogen and oxygen atoms in total. The summed E-state index contributed by atoms with van der Waals surface area (Å²) in [5, 5.41) is 5.26. The van der Waals surface area contributed by atoms with E-state index in [2.05, 4.69) is 10.3 Å². The predicted octanol–water partition coefficient (Wildman–Crippen LogP) is 1.09. The number of hydrogen-bond donors (Lipinski definition) is 2. The van der Waals surface area contributed by atoms with Gasteiger partial charge in [0.25, 0.3) is 5.56 Å². The van der Waals surface area contributed by atoms with Gasteiger partial charge in [-0.25, -0.2) is 4.98 Å². The summed E-state index contributed by atoms with van der Waals surface area (Å²) in [4.78, 5) is 28.0. The van der Waals surface area contributed by atoms with Gasteiger partial charge in [0.15, 0.2) is 0 Å². The Morgan fingerprint density at radius 3 is 3.09 bits per heavy atom. The first-order valence-electron chi connectivity index (χ1n) is 7.62. The average Bonchev–Trinajstić information content (AvgIpc) is 2.99. The van der Waals surface area contributed by atoms with Crippen molar-refractivity contribution in [3.63, 3.8) is 0 Å². The van der Waals surface area contributed by atoms with Crippen molar-refractivity contribution in [2.75, 3.05) is 6.54 Å². The van der Waals surface area contributed by atoms with Gasteiger partial charge in [-0.15, -0.1) is 11.3 Å². The van der Waals surface area contributed by atoms with E-state index in [9.17, 15) is 9.59 Å². The van der Waals surface area contributed by atoms with Gasteiger partial charge in [0.05, 0.1) is 17.8 Å². The molecule has 3 N–H and O–H groups in total. The maximum Gasteiger partial charge on any atom is 0.271 e. The van der Waals surface area contributed by atoms with Crippen molar-refractivity contribution in [3.8, 4) is 0 Å². The van der Waals surface area contributed by atoms with Crippen molar-refractivity contribution in [2.24, 2.45) is 11.7 Å². The molecular formula is C15H20N4O2S. The van der Waals surface area contributed by atoms with Crippen LogP contribution < -0.4 is 16.6 Å². The molecule has 0 aromatic carbocycles. The van der Waals surface area contributed by atoms with Crippen LogP contribution >= 0.6 is 11.3 Å². The SMILES string of the molecule is NC(=O)[C@H]1CCCC[C@@H]1NCCn1cnc2ccsc2c1=O. The van der Waals surface area contributed by atoms with Crippen LogP contribution in [0.2, 0.25) is 0 Å². The Bertz CT molecular complexity index is 724. The summed E-state index contributed by atoms with van der Waals surface area (Å²) in [5.74, 6) is -0.320. The van der Waals surface area contributed by atoms with Gasteiger partial charge in [0.2, 0.25) is 5.91 Å². The number of hydrogen-bond acceptors (Lipinski definition) is 5. The number of rotatable bonds is 5. The lowest BCUT2D eigenvalue weighted by Crippen LogP contribution is -2.46. The van der Waals surface area contributed by atoms with Crippen molar-refractivity contribution in [1.82, 2.24) is 14.9 Å². The molecule has 1 fully saturated rings. The van der Waals surface area contributed by atoms with Crippen LogP contribution in [0.4, 0.5) is 0 Å². The first kappa shape index (κ1) is 15.2. The Labute approximate surface area is 132 Å². The Hall–Kier alpha value is -1.73. The number of nitrogens with one attached hydrogen (secondary N) is 1. The molecular weight excluding hydrogens is 300 g/mol. The van der Waals surface area contributed by atoms with E-state index in [0.717, 1.165) is 31.2 Å². The number of thiophene rings is 1. The summed E-state index contributed by atoms with van der Waals surface area (Å²) in [6, 6.07) is 1.98. The van der Waals surface area contributed by atoms with Gasteiger partial charge in [-0.05, 0) is 24.3 Å². The van der Waals surface area contributed by atoms with Crippen molar-refractivity contribution < 1.29 is 4.79 Å². The lowest BCUT2D eigenvalue weighted by molar-refractivity contribution is -0.123. The van der Waals surface area contributed by atoms with Crippen LogP contribution in [0.5, 0.6) is 0 Å². The third-order valence-corrected chi connectivity index (χ3v) is 5.22. The van der Waals surface area contributed by atoms with Gasteiger partial charge in [-0.3, -0.25) is 14.2 Å². The van der Waals surface area contributed by atoms with Crippen LogP contribution in [-0.2, 0) is 11.3 Å². The Morgan fingerprint density at radius 1 is 1.45 bits per heavy atom. The molecule has 1 saturated carbocycles. The standard InChI is InChI=1S/C15H20N4O2S/c16-14(20)10-3-1-2-4-11(10)17-6-7-19-9-18-12-5-8-22-13(12)15(19)21/h5,8-11,17H,1-4,6-7H2,(H2,16,20)/t10-,11-/m0/s1. The minimum Gasteiger partial charge on any atom is -0.369 e. The van der Waals surface area contributed by atoms with E-state index in [1.165, 1.54) is 11.3 Å². The molecule has 0 saturated heterocycles. The van der Waals surface area contributed by atoms with Crippen molar-refractivity contribution in [1.29, 1.82) is 0 Å². The molecule has 0 spiro atoms. The Balaban J connectivity index is 1.63. The zero-order valence-electron chi connectivity index (χ0n) is 12.3. The quantitative estimate of drug-likeness (QED) is 0.863. The molecule has 1 aliphatic rings. The van der Waals surface area contributed by atoms with Crippen LogP contribution in [0.25, 0.3) is 10.2 Å². The molecule has 22 heavy (non-hydrogen) atoms. The van der Waals surface area contributed by atoms with Gasteiger partial charge in [0.1, 0.15) is 4.70 Å². The van der Waals surface area contributed by atoms with Gasteiger partial charge in [-0.2, -0.15) is 0 Å². The summed E-state index contributed by atoms with van der Waals surface area (Å²) in [7, 11) is 0. The predicted molar refractivity (Wildman–Crippen MR) is 86.8 cm³/mol. The number of primary amides is 1. The van der Waals surface area contributed by atoms with E-state index in [0.29, 0.717) is 17.8 Å². The normalized spacial score (nSPS) is 22.0. The van der Waals surface area contributed by atoms with E-state index in [1.54, 1.807) is 10.9 Å². The summed E-state index contributed by atoms with van der Waals surface area (Å²) in [6.45, 7) is 1.18. The molecule has 1 amide bonds. The maximum absolute atomic E-state index is 12.3. The number of aromatic nitrogens is 2. The van der Waals surface area contributed by atoms with Crippen LogP contribution in [0.1, 0.15) is 25.7 Å². The van der Waals surface area contributed by atoms with Crippen molar-refractivity contribution in [2.45, 2.75) is 38.3 Å². The van der Waals surface area contributed by atoms with E-state index in [4.69, 9.17) is 5.73 Å². The smallest absolute Gasteiger partial charge is 0.271 e. The highest BCUT2D eigenvalue weighted by atomic mass is 32.1. The number of carbonyl (C=O) groups is 1. The molecule has 1 aliphatic carbocycles. The molecule has 7 heteroatoms. The van der Waals surface area contributed by atoms with Gasteiger partial charge >= 0.3 is 0 Å². The van der Waals surface area contributed by atoms with E-state index in [1.807, 2.05) is 11.4 Å². The molecule has 0 bridgehead atoms. The average molecular weight is 320 g/mol. The number of nitrogens with zero attached hydrogens (tertiary/aromatic N) is 2. The second kappa shape index (κ2) is 6.58. The second-order valence-electron chi connectivity index (χ2n) is 5.73. The lowest BCUT2D eigenvalue weighted by Gasteiger charge is -2.30. The van der Waals surface area contributed by atoms with Gasteiger partial charge < -0.3 is 11.1 Å². The highest BCUT2D eigenvalue weighted by molar-refractivity contribution is 7.17. The minimum absolute atomic E-state index is 0.00287. The van der Waals surface area contributed by atoms with Gasteiger partial charge in [-0.1, -0.05) is 12.8 Å². The van der Waals surface area contributed by atoms with Crippen LogP contribution in [0.15, 0.2) is 22.6 Å². The van der Waals surface area contributed by atoms with Crippen LogP contribution in [0.3, 0.4) is 0 Å². The fourth-order valence-electron chi connectivity index (χ4n) is 3.12. The topological polar surface area (TPSA) is 90.0 Å². The fourth-order valence-corrected chi connectivity index (χ4v) is 3.92. The van der Waals surface area contributed by atoms with Crippen molar-refractivity contribution in [3.05, 3.63) is 28.1 Å². The summed E-state index contributed by atoms with van der Waals surface area (Å²) < 4.78 is 2.31. The van der Waals surface area contributed by atoms with Crippen LogP contribution in [0, 0.1) is 5.92 Å². The van der Waals surface area contributed by atoms with Gasteiger partial charge in [0, 0.05) is 19.1 Å². The van der Waals surface area contributed by atoms with E-state index in [-0.39, 0.29) is 23.4 Å². The monoisotopic (exact) mass is 320 g/mol.